The summed E-state index contributed by atoms with van der Waals surface area (Å²) in [5.41, 5.74) is -0.152. The lowest BCUT2D eigenvalue weighted by Crippen LogP contribution is -2.04. The van der Waals surface area contributed by atoms with Crippen LogP contribution in [0.25, 0.3) is 11.4 Å². The largest absolute Gasteiger partial charge is 0.432 e. The van der Waals surface area contributed by atoms with Crippen LogP contribution in [0.5, 0.6) is 0 Å². The normalized spacial score (nSPS) is 11.8. The van der Waals surface area contributed by atoms with Gasteiger partial charge in [-0.1, -0.05) is 0 Å². The van der Waals surface area contributed by atoms with Crippen molar-refractivity contribution in [1.82, 2.24) is 9.97 Å². The van der Waals surface area contributed by atoms with Gasteiger partial charge in [0.15, 0.2) is 0 Å². The van der Waals surface area contributed by atoms with Crippen molar-refractivity contribution < 1.29 is 17.6 Å². The van der Waals surface area contributed by atoms with Gasteiger partial charge in [0, 0.05) is 5.56 Å². The van der Waals surface area contributed by atoms with Gasteiger partial charge in [-0.15, -0.1) is 0 Å². The van der Waals surface area contributed by atoms with Crippen LogP contribution in [-0.2, 0) is 6.18 Å². The molecule has 0 amide bonds. The molecule has 0 unspecified atom stereocenters. The van der Waals surface area contributed by atoms with Gasteiger partial charge in [0.1, 0.15) is 17.3 Å². The van der Waals surface area contributed by atoms with Crippen molar-refractivity contribution in [2.45, 2.75) is 13.1 Å². The van der Waals surface area contributed by atoms with Crippen LogP contribution in [-0.4, -0.2) is 9.97 Å². The minimum absolute atomic E-state index is 0.0698. The van der Waals surface area contributed by atoms with E-state index in [1.165, 1.54) is 25.1 Å². The molecule has 2 rings (SSSR count). The number of nitrogens with one attached hydrogen (secondary N) is 1. The first-order valence-electron chi connectivity index (χ1n) is 4.76. The van der Waals surface area contributed by atoms with Crippen molar-refractivity contribution >= 4 is 0 Å². The van der Waals surface area contributed by atoms with Gasteiger partial charge in [0.2, 0.25) is 0 Å². The summed E-state index contributed by atoms with van der Waals surface area (Å²) in [6.45, 7) is 1.53. The van der Waals surface area contributed by atoms with Crippen LogP contribution in [0.2, 0.25) is 0 Å². The summed E-state index contributed by atoms with van der Waals surface area (Å²) in [6.07, 6.45) is -3.74. The monoisotopic (exact) mass is 244 g/mol. The topological polar surface area (TPSA) is 28.7 Å². The van der Waals surface area contributed by atoms with Crippen LogP contribution in [0.1, 0.15) is 11.3 Å². The number of aromatic amines is 1. The van der Waals surface area contributed by atoms with E-state index in [0.29, 0.717) is 17.3 Å². The highest BCUT2D eigenvalue weighted by atomic mass is 19.4. The third-order valence-corrected chi connectivity index (χ3v) is 2.31. The molecule has 1 N–H and O–H groups in total. The molecule has 0 saturated heterocycles. The fourth-order valence-corrected chi connectivity index (χ4v) is 1.40. The van der Waals surface area contributed by atoms with Crippen molar-refractivity contribution in [2.24, 2.45) is 0 Å². The number of H-pyrrole nitrogens is 1. The number of aryl methyl sites for hydroxylation is 1. The number of imidazole rings is 1. The molecule has 0 spiro atoms. The third kappa shape index (κ3) is 2.30. The highest BCUT2D eigenvalue weighted by molar-refractivity contribution is 5.56. The highest BCUT2D eigenvalue weighted by Crippen LogP contribution is 2.29. The Morgan fingerprint density at radius 3 is 2.47 bits per heavy atom. The Balaban J connectivity index is 2.40. The van der Waals surface area contributed by atoms with E-state index in [4.69, 9.17) is 0 Å². The fourth-order valence-electron chi connectivity index (χ4n) is 1.40. The second-order valence-electron chi connectivity index (χ2n) is 3.61. The lowest BCUT2D eigenvalue weighted by molar-refractivity contribution is -0.140. The molecule has 0 atom stereocenters. The Morgan fingerprint density at radius 1 is 1.24 bits per heavy atom. The summed E-state index contributed by atoms with van der Waals surface area (Å²) < 4.78 is 50.0. The number of alkyl halides is 3. The lowest BCUT2D eigenvalue weighted by atomic mass is 10.1. The van der Waals surface area contributed by atoms with Gasteiger partial charge in [-0.25, -0.2) is 9.37 Å². The Kier molecular flexibility index (Phi) is 2.65. The van der Waals surface area contributed by atoms with E-state index < -0.39 is 17.7 Å². The number of hydrogen-bond acceptors (Lipinski definition) is 1. The van der Waals surface area contributed by atoms with Gasteiger partial charge in [-0.2, -0.15) is 13.2 Å². The Bertz CT molecular complexity index is 543. The average Bonchev–Trinajstić information content (AvgIpc) is 2.70. The summed E-state index contributed by atoms with van der Waals surface area (Å²) in [4.78, 5) is 5.78. The van der Waals surface area contributed by atoms with E-state index in [0.717, 1.165) is 0 Å². The summed E-state index contributed by atoms with van der Waals surface area (Å²) >= 11 is 0. The predicted octanol–water partition coefficient (Wildman–Crippen LogP) is 3.54. The van der Waals surface area contributed by atoms with Crippen LogP contribution < -0.4 is 0 Å². The standard InChI is InChI=1S/C11H8F4N2/c1-6-4-7(2-3-8(6)12)10-16-5-9(17-10)11(13,14)15/h2-5H,1H3,(H,16,17). The van der Waals surface area contributed by atoms with Gasteiger partial charge in [0.05, 0.1) is 6.20 Å². The van der Waals surface area contributed by atoms with E-state index in [2.05, 4.69) is 9.97 Å². The van der Waals surface area contributed by atoms with Crippen LogP contribution in [0.15, 0.2) is 24.4 Å². The first-order chi connectivity index (χ1) is 7.88. The molecule has 2 nitrogen and oxygen atoms in total. The van der Waals surface area contributed by atoms with Gasteiger partial charge in [-0.05, 0) is 30.7 Å². The number of hydrogen-bond donors (Lipinski definition) is 1. The molecule has 0 aliphatic heterocycles. The van der Waals surface area contributed by atoms with Crippen LogP contribution in [0.4, 0.5) is 17.6 Å². The number of rotatable bonds is 1. The van der Waals surface area contributed by atoms with Gasteiger partial charge < -0.3 is 4.98 Å². The molecular weight excluding hydrogens is 236 g/mol. The molecule has 0 aliphatic carbocycles. The second kappa shape index (κ2) is 3.87. The quantitative estimate of drug-likeness (QED) is 0.763. The third-order valence-electron chi connectivity index (χ3n) is 2.31. The summed E-state index contributed by atoms with van der Waals surface area (Å²) in [6, 6.07) is 4.01. The average molecular weight is 244 g/mol. The molecule has 90 valence electrons. The maximum absolute atomic E-state index is 13.0. The molecule has 1 aromatic heterocycles. The van der Waals surface area contributed by atoms with Crippen LogP contribution >= 0.6 is 0 Å². The molecule has 2 aromatic rings. The van der Waals surface area contributed by atoms with Gasteiger partial charge in [0.25, 0.3) is 0 Å². The number of halogens is 4. The second-order valence-corrected chi connectivity index (χ2v) is 3.61. The number of aromatic nitrogens is 2. The van der Waals surface area contributed by atoms with E-state index in [9.17, 15) is 17.6 Å². The van der Waals surface area contributed by atoms with Crippen LogP contribution in [0.3, 0.4) is 0 Å². The van der Waals surface area contributed by atoms with Crippen molar-refractivity contribution in [3.63, 3.8) is 0 Å². The molecule has 0 aliphatic rings. The number of benzene rings is 1. The van der Waals surface area contributed by atoms with E-state index in [1.807, 2.05) is 0 Å². The Labute approximate surface area is 94.3 Å². The van der Waals surface area contributed by atoms with E-state index >= 15 is 0 Å². The molecule has 0 fully saturated rings. The molecule has 0 saturated carbocycles. The molecular formula is C11H8F4N2. The lowest BCUT2D eigenvalue weighted by Gasteiger charge is -2.02. The van der Waals surface area contributed by atoms with Crippen molar-refractivity contribution in [3.8, 4) is 11.4 Å². The van der Waals surface area contributed by atoms with Crippen molar-refractivity contribution in [2.75, 3.05) is 0 Å². The first kappa shape index (κ1) is 11.6. The van der Waals surface area contributed by atoms with Crippen molar-refractivity contribution in [1.29, 1.82) is 0 Å². The maximum atomic E-state index is 13.0. The molecule has 6 heteroatoms. The zero-order valence-electron chi connectivity index (χ0n) is 8.77. The summed E-state index contributed by atoms with van der Waals surface area (Å²) in [7, 11) is 0. The van der Waals surface area contributed by atoms with E-state index in [1.54, 1.807) is 0 Å². The summed E-state index contributed by atoms with van der Waals surface area (Å²) in [5.74, 6) is -0.336. The summed E-state index contributed by atoms with van der Waals surface area (Å²) in [5, 5.41) is 0. The zero-order chi connectivity index (χ0) is 12.6. The molecule has 0 bridgehead atoms. The zero-order valence-corrected chi connectivity index (χ0v) is 8.77. The Hall–Kier alpha value is -1.85. The SMILES string of the molecule is Cc1cc(-c2ncc(C(F)(F)F)[nH]2)ccc1F. The minimum atomic E-state index is -4.46. The molecule has 1 aromatic carbocycles. The Morgan fingerprint density at radius 2 is 1.94 bits per heavy atom. The maximum Gasteiger partial charge on any atom is 0.432 e. The van der Waals surface area contributed by atoms with Gasteiger partial charge in [-0.3, -0.25) is 0 Å². The fraction of sp³-hybridized carbons (Fsp3) is 0.182. The molecule has 0 radical (unpaired) electrons. The van der Waals surface area contributed by atoms with E-state index in [-0.39, 0.29) is 5.82 Å². The van der Waals surface area contributed by atoms with Crippen molar-refractivity contribution in [3.05, 3.63) is 41.5 Å². The molecule has 17 heavy (non-hydrogen) atoms. The minimum Gasteiger partial charge on any atom is -0.334 e. The predicted molar refractivity (Wildman–Crippen MR) is 53.7 cm³/mol. The van der Waals surface area contributed by atoms with Crippen LogP contribution in [0, 0.1) is 12.7 Å². The highest BCUT2D eigenvalue weighted by Gasteiger charge is 2.33. The number of nitrogens with zero attached hydrogens (tertiary/aromatic N) is 1. The first-order valence-corrected chi connectivity index (χ1v) is 4.76. The smallest absolute Gasteiger partial charge is 0.334 e. The van der Waals surface area contributed by atoms with Gasteiger partial charge >= 0.3 is 6.18 Å². The molecule has 1 heterocycles.